The fraction of sp³-hybridized carbons (Fsp3) is 0.167. The Labute approximate surface area is 145 Å². The molecule has 7 heteroatoms. The van der Waals surface area contributed by atoms with Crippen molar-refractivity contribution < 1.29 is 4.79 Å². The molecule has 0 atom stereocenters. The van der Waals surface area contributed by atoms with E-state index in [1.807, 2.05) is 36.4 Å². The molecule has 2 aromatic carbocycles. The zero-order valence-corrected chi connectivity index (χ0v) is 14.2. The monoisotopic (exact) mass is 336 g/mol. The number of hydrogen-bond donors (Lipinski definition) is 3. The van der Waals surface area contributed by atoms with Crippen molar-refractivity contribution in [2.24, 2.45) is 0 Å². The van der Waals surface area contributed by atoms with Crippen molar-refractivity contribution in [1.29, 1.82) is 0 Å². The third-order valence-corrected chi connectivity index (χ3v) is 3.82. The number of benzene rings is 2. The maximum Gasteiger partial charge on any atom is 0.253 e. The van der Waals surface area contributed by atoms with E-state index in [1.165, 1.54) is 0 Å². The van der Waals surface area contributed by atoms with Crippen molar-refractivity contribution in [2.45, 2.75) is 6.54 Å². The van der Waals surface area contributed by atoms with Crippen molar-refractivity contribution in [3.8, 4) is 0 Å². The van der Waals surface area contributed by atoms with E-state index in [4.69, 9.17) is 11.5 Å². The molecule has 3 aromatic rings. The van der Waals surface area contributed by atoms with E-state index < -0.39 is 0 Å². The van der Waals surface area contributed by atoms with Crippen LogP contribution in [0.15, 0.2) is 42.5 Å². The van der Waals surface area contributed by atoms with Gasteiger partial charge >= 0.3 is 0 Å². The fourth-order valence-electron chi connectivity index (χ4n) is 2.55. The number of amides is 1. The van der Waals surface area contributed by atoms with Crippen molar-refractivity contribution in [2.75, 3.05) is 30.9 Å². The van der Waals surface area contributed by atoms with Crippen LogP contribution < -0.4 is 16.8 Å². The summed E-state index contributed by atoms with van der Waals surface area (Å²) >= 11 is 0. The summed E-state index contributed by atoms with van der Waals surface area (Å²) in [5, 5.41) is 4.08. The van der Waals surface area contributed by atoms with E-state index in [9.17, 15) is 4.79 Å². The third-order valence-electron chi connectivity index (χ3n) is 3.82. The zero-order valence-electron chi connectivity index (χ0n) is 14.2. The standard InChI is InChI=1S/C18H20N6O/c1-24(2)17(25)12-4-3-5-13(9-12)21-10-11-6-7-15-14(8-11)16(19)23-18(20)22-15/h3-9,21H,10H2,1-2H3,(H4,19,20,22,23). The molecule has 0 aliphatic heterocycles. The number of rotatable bonds is 4. The number of aromatic nitrogens is 2. The van der Waals surface area contributed by atoms with E-state index >= 15 is 0 Å². The highest BCUT2D eigenvalue weighted by molar-refractivity contribution is 5.94. The molecule has 0 aliphatic carbocycles. The van der Waals surface area contributed by atoms with Gasteiger partial charge in [0.25, 0.3) is 5.91 Å². The van der Waals surface area contributed by atoms with Crippen molar-refractivity contribution >= 4 is 34.3 Å². The van der Waals surface area contributed by atoms with Crippen LogP contribution in [0.2, 0.25) is 0 Å². The Morgan fingerprint density at radius 1 is 1.12 bits per heavy atom. The molecule has 0 saturated heterocycles. The van der Waals surface area contributed by atoms with Crippen LogP contribution in [0, 0.1) is 0 Å². The van der Waals surface area contributed by atoms with Gasteiger partial charge < -0.3 is 21.7 Å². The SMILES string of the molecule is CN(C)C(=O)c1cccc(NCc2ccc3nc(N)nc(N)c3c2)c1. The molecular formula is C18H20N6O. The van der Waals surface area contributed by atoms with E-state index in [1.54, 1.807) is 25.1 Å². The smallest absolute Gasteiger partial charge is 0.253 e. The average Bonchev–Trinajstić information content (AvgIpc) is 2.59. The second-order valence-corrected chi connectivity index (χ2v) is 5.95. The van der Waals surface area contributed by atoms with Crippen LogP contribution >= 0.6 is 0 Å². The summed E-state index contributed by atoms with van der Waals surface area (Å²) in [6.07, 6.45) is 0. The average molecular weight is 336 g/mol. The van der Waals surface area contributed by atoms with E-state index in [0.29, 0.717) is 23.4 Å². The molecular weight excluding hydrogens is 316 g/mol. The summed E-state index contributed by atoms with van der Waals surface area (Å²) in [6, 6.07) is 13.2. The normalized spacial score (nSPS) is 10.6. The molecule has 0 bridgehead atoms. The molecule has 0 aliphatic rings. The second-order valence-electron chi connectivity index (χ2n) is 5.95. The Bertz CT molecular complexity index is 938. The first-order valence-corrected chi connectivity index (χ1v) is 7.81. The number of carbonyl (C=O) groups excluding carboxylic acids is 1. The van der Waals surface area contributed by atoms with E-state index in [2.05, 4.69) is 15.3 Å². The minimum atomic E-state index is -0.0307. The van der Waals surface area contributed by atoms with Gasteiger partial charge in [-0.2, -0.15) is 4.98 Å². The molecule has 1 amide bonds. The quantitative estimate of drug-likeness (QED) is 0.673. The number of fused-ring (bicyclic) bond motifs is 1. The number of anilines is 3. The first kappa shape index (κ1) is 16.5. The largest absolute Gasteiger partial charge is 0.383 e. The van der Waals surface area contributed by atoms with Gasteiger partial charge in [-0.25, -0.2) is 4.98 Å². The lowest BCUT2D eigenvalue weighted by Gasteiger charge is -2.12. The molecule has 25 heavy (non-hydrogen) atoms. The van der Waals surface area contributed by atoms with Crippen LogP contribution in [-0.4, -0.2) is 34.9 Å². The first-order valence-electron chi connectivity index (χ1n) is 7.81. The topological polar surface area (TPSA) is 110 Å². The van der Waals surface area contributed by atoms with Gasteiger partial charge in [-0.05, 0) is 35.9 Å². The second kappa shape index (κ2) is 6.64. The molecule has 128 valence electrons. The van der Waals surface area contributed by atoms with Crippen molar-refractivity contribution in [1.82, 2.24) is 14.9 Å². The Kier molecular flexibility index (Phi) is 4.38. The summed E-state index contributed by atoms with van der Waals surface area (Å²) in [6.45, 7) is 0.583. The molecule has 0 saturated carbocycles. The predicted molar refractivity (Wildman–Crippen MR) is 100 cm³/mol. The lowest BCUT2D eigenvalue weighted by atomic mass is 10.1. The van der Waals surface area contributed by atoms with Gasteiger partial charge in [0.2, 0.25) is 5.95 Å². The Balaban J connectivity index is 1.79. The van der Waals surface area contributed by atoms with Gasteiger partial charge in [0, 0.05) is 37.3 Å². The highest BCUT2D eigenvalue weighted by Gasteiger charge is 2.08. The Hall–Kier alpha value is -3.35. The number of nitrogens with one attached hydrogen (secondary N) is 1. The molecule has 3 rings (SSSR count). The van der Waals surface area contributed by atoms with Gasteiger partial charge in [-0.1, -0.05) is 12.1 Å². The van der Waals surface area contributed by atoms with E-state index in [-0.39, 0.29) is 11.9 Å². The third kappa shape index (κ3) is 3.60. The lowest BCUT2D eigenvalue weighted by molar-refractivity contribution is 0.0827. The predicted octanol–water partition coefficient (Wildman–Crippen LogP) is 2.11. The summed E-state index contributed by atoms with van der Waals surface area (Å²) in [4.78, 5) is 21.8. The van der Waals surface area contributed by atoms with Crippen LogP contribution in [0.5, 0.6) is 0 Å². The highest BCUT2D eigenvalue weighted by Crippen LogP contribution is 2.21. The van der Waals surface area contributed by atoms with Crippen LogP contribution in [0.1, 0.15) is 15.9 Å². The number of nitrogens with two attached hydrogens (primary N) is 2. The van der Waals surface area contributed by atoms with Crippen LogP contribution in [-0.2, 0) is 6.54 Å². The molecule has 0 unspecified atom stereocenters. The maximum atomic E-state index is 12.0. The fourth-order valence-corrected chi connectivity index (χ4v) is 2.55. The van der Waals surface area contributed by atoms with Crippen LogP contribution in [0.25, 0.3) is 10.9 Å². The number of hydrogen-bond acceptors (Lipinski definition) is 6. The number of nitrogen functional groups attached to an aromatic ring is 2. The molecule has 0 radical (unpaired) electrons. The zero-order chi connectivity index (χ0) is 18.0. The molecule has 0 fully saturated rings. The minimum absolute atomic E-state index is 0.0307. The van der Waals surface area contributed by atoms with Gasteiger partial charge in [0.1, 0.15) is 5.82 Å². The molecule has 1 aromatic heterocycles. The van der Waals surface area contributed by atoms with Gasteiger partial charge in [-0.3, -0.25) is 4.79 Å². The lowest BCUT2D eigenvalue weighted by Crippen LogP contribution is -2.21. The van der Waals surface area contributed by atoms with Gasteiger partial charge in [0.05, 0.1) is 5.52 Å². The summed E-state index contributed by atoms with van der Waals surface area (Å²) in [5.74, 6) is 0.498. The molecule has 5 N–H and O–H groups in total. The summed E-state index contributed by atoms with van der Waals surface area (Å²) in [7, 11) is 3.47. The molecule has 0 spiro atoms. The Morgan fingerprint density at radius 3 is 2.68 bits per heavy atom. The van der Waals surface area contributed by atoms with Gasteiger partial charge in [-0.15, -0.1) is 0 Å². The number of carbonyl (C=O) groups is 1. The molecule has 1 heterocycles. The van der Waals surface area contributed by atoms with Crippen LogP contribution in [0.4, 0.5) is 17.5 Å². The minimum Gasteiger partial charge on any atom is -0.383 e. The van der Waals surface area contributed by atoms with Crippen molar-refractivity contribution in [3.63, 3.8) is 0 Å². The molecule has 7 nitrogen and oxygen atoms in total. The maximum absolute atomic E-state index is 12.0. The van der Waals surface area contributed by atoms with E-state index in [0.717, 1.165) is 16.6 Å². The summed E-state index contributed by atoms with van der Waals surface area (Å²) in [5.41, 5.74) is 14.8. The summed E-state index contributed by atoms with van der Waals surface area (Å²) < 4.78 is 0. The number of nitrogens with zero attached hydrogens (tertiary/aromatic N) is 3. The Morgan fingerprint density at radius 2 is 1.92 bits per heavy atom. The highest BCUT2D eigenvalue weighted by atomic mass is 16.2. The first-order chi connectivity index (χ1) is 11.9. The van der Waals surface area contributed by atoms with Crippen molar-refractivity contribution in [3.05, 3.63) is 53.6 Å². The van der Waals surface area contributed by atoms with Gasteiger partial charge in [0.15, 0.2) is 0 Å². The van der Waals surface area contributed by atoms with Crippen LogP contribution in [0.3, 0.4) is 0 Å².